The maximum absolute atomic E-state index is 13.1. The highest BCUT2D eigenvalue weighted by Gasteiger charge is 2.32. The SMILES string of the molecule is CCCOc1cccc(/C=C2/SC(=Nc3ccc(F)cc3)N(CC)C2=O)c1. The molecule has 0 saturated carbocycles. The number of hydrogen-bond donors (Lipinski definition) is 0. The number of likely N-dealkylation sites (N-methyl/N-ethyl adjacent to an activating group) is 1. The number of rotatable bonds is 6. The molecule has 0 aromatic heterocycles. The Hall–Kier alpha value is -2.60. The minimum Gasteiger partial charge on any atom is -0.494 e. The number of amidine groups is 1. The lowest BCUT2D eigenvalue weighted by Crippen LogP contribution is -2.28. The molecule has 140 valence electrons. The summed E-state index contributed by atoms with van der Waals surface area (Å²) in [6, 6.07) is 13.6. The topological polar surface area (TPSA) is 41.9 Å². The predicted octanol–water partition coefficient (Wildman–Crippen LogP) is 5.24. The van der Waals surface area contributed by atoms with Crippen molar-refractivity contribution in [3.63, 3.8) is 0 Å². The van der Waals surface area contributed by atoms with E-state index in [1.165, 1.54) is 23.9 Å². The van der Waals surface area contributed by atoms with Crippen molar-refractivity contribution in [1.82, 2.24) is 4.90 Å². The van der Waals surface area contributed by atoms with Crippen molar-refractivity contribution >= 4 is 34.6 Å². The fourth-order valence-electron chi connectivity index (χ4n) is 2.56. The van der Waals surface area contributed by atoms with Crippen molar-refractivity contribution < 1.29 is 13.9 Å². The summed E-state index contributed by atoms with van der Waals surface area (Å²) in [5, 5.41) is 0.596. The van der Waals surface area contributed by atoms with Crippen molar-refractivity contribution in [1.29, 1.82) is 0 Å². The molecule has 6 heteroatoms. The third-order valence-electron chi connectivity index (χ3n) is 3.88. The number of carbonyl (C=O) groups excluding carboxylic acids is 1. The Bertz CT molecular complexity index is 878. The summed E-state index contributed by atoms with van der Waals surface area (Å²) in [5.41, 5.74) is 1.51. The fraction of sp³-hybridized carbons (Fsp3) is 0.238. The zero-order valence-electron chi connectivity index (χ0n) is 15.3. The second-order valence-electron chi connectivity index (χ2n) is 5.95. The summed E-state index contributed by atoms with van der Waals surface area (Å²) >= 11 is 1.32. The summed E-state index contributed by atoms with van der Waals surface area (Å²) in [7, 11) is 0. The Balaban J connectivity index is 1.85. The molecule has 2 aromatic carbocycles. The number of halogens is 1. The Labute approximate surface area is 162 Å². The molecule has 0 bridgehead atoms. The van der Waals surface area contributed by atoms with E-state index in [0.29, 0.717) is 28.9 Å². The first kappa shape index (κ1) is 19.2. The molecular weight excluding hydrogens is 363 g/mol. The fourth-order valence-corrected chi connectivity index (χ4v) is 3.62. The quantitative estimate of drug-likeness (QED) is 0.640. The predicted molar refractivity (Wildman–Crippen MR) is 109 cm³/mol. The lowest BCUT2D eigenvalue weighted by molar-refractivity contribution is -0.122. The molecule has 1 saturated heterocycles. The van der Waals surface area contributed by atoms with E-state index >= 15 is 0 Å². The number of amides is 1. The van der Waals surface area contributed by atoms with Crippen LogP contribution in [0, 0.1) is 5.82 Å². The molecule has 3 rings (SSSR count). The number of benzene rings is 2. The van der Waals surface area contributed by atoms with Gasteiger partial charge in [-0.3, -0.25) is 9.69 Å². The molecular formula is C21H21FN2O2S. The van der Waals surface area contributed by atoms with Crippen LogP contribution in [0.1, 0.15) is 25.8 Å². The van der Waals surface area contributed by atoms with Gasteiger partial charge in [-0.15, -0.1) is 0 Å². The Kier molecular flexibility index (Phi) is 6.29. The van der Waals surface area contributed by atoms with Crippen molar-refractivity contribution in [2.75, 3.05) is 13.2 Å². The number of nitrogens with zero attached hydrogens (tertiary/aromatic N) is 2. The van der Waals surface area contributed by atoms with E-state index in [1.54, 1.807) is 17.0 Å². The van der Waals surface area contributed by atoms with Gasteiger partial charge in [0.15, 0.2) is 5.17 Å². The van der Waals surface area contributed by atoms with E-state index in [1.807, 2.05) is 37.3 Å². The van der Waals surface area contributed by atoms with Gasteiger partial charge in [0.05, 0.1) is 17.2 Å². The van der Waals surface area contributed by atoms with Crippen LogP contribution in [0.4, 0.5) is 10.1 Å². The second kappa shape index (κ2) is 8.86. The molecule has 1 aliphatic heterocycles. The van der Waals surface area contributed by atoms with Gasteiger partial charge in [0.25, 0.3) is 5.91 Å². The van der Waals surface area contributed by atoms with Gasteiger partial charge in [0.1, 0.15) is 11.6 Å². The van der Waals surface area contributed by atoms with Gasteiger partial charge in [-0.05, 0) is 73.1 Å². The van der Waals surface area contributed by atoms with Crippen LogP contribution in [0.5, 0.6) is 5.75 Å². The molecule has 0 N–H and O–H groups in total. The van der Waals surface area contributed by atoms with E-state index < -0.39 is 0 Å². The number of hydrogen-bond acceptors (Lipinski definition) is 4. The molecule has 27 heavy (non-hydrogen) atoms. The van der Waals surface area contributed by atoms with E-state index in [4.69, 9.17) is 4.74 Å². The van der Waals surface area contributed by atoms with Crippen LogP contribution in [-0.2, 0) is 4.79 Å². The van der Waals surface area contributed by atoms with Gasteiger partial charge >= 0.3 is 0 Å². The van der Waals surface area contributed by atoms with Crippen molar-refractivity contribution in [2.45, 2.75) is 20.3 Å². The first-order valence-corrected chi connectivity index (χ1v) is 9.71. The van der Waals surface area contributed by atoms with Crippen LogP contribution >= 0.6 is 11.8 Å². The molecule has 1 amide bonds. The highest BCUT2D eigenvalue weighted by atomic mass is 32.2. The maximum Gasteiger partial charge on any atom is 0.266 e. The molecule has 0 atom stereocenters. The maximum atomic E-state index is 13.1. The van der Waals surface area contributed by atoms with E-state index in [2.05, 4.69) is 11.9 Å². The normalized spacial score (nSPS) is 17.1. The highest BCUT2D eigenvalue weighted by molar-refractivity contribution is 8.18. The third kappa shape index (κ3) is 4.77. The lowest BCUT2D eigenvalue weighted by atomic mass is 10.2. The van der Waals surface area contributed by atoms with Crippen LogP contribution in [0.25, 0.3) is 6.08 Å². The van der Waals surface area contributed by atoms with Crippen LogP contribution in [-0.4, -0.2) is 29.1 Å². The second-order valence-corrected chi connectivity index (χ2v) is 6.96. The molecule has 0 aliphatic carbocycles. The van der Waals surface area contributed by atoms with Crippen molar-refractivity contribution in [3.05, 3.63) is 64.8 Å². The zero-order chi connectivity index (χ0) is 19.2. The van der Waals surface area contributed by atoms with Gasteiger partial charge in [0.2, 0.25) is 0 Å². The Morgan fingerprint density at radius 2 is 1.96 bits per heavy atom. The number of aliphatic imine (C=N–C) groups is 1. The van der Waals surface area contributed by atoms with Crippen molar-refractivity contribution in [3.8, 4) is 5.75 Å². The summed E-state index contributed by atoms with van der Waals surface area (Å²) in [5.74, 6) is 0.393. The first-order chi connectivity index (χ1) is 13.1. The Morgan fingerprint density at radius 3 is 2.67 bits per heavy atom. The van der Waals surface area contributed by atoms with Gasteiger partial charge in [-0.25, -0.2) is 9.38 Å². The highest BCUT2D eigenvalue weighted by Crippen LogP contribution is 2.34. The number of ether oxygens (including phenoxy) is 1. The van der Waals surface area contributed by atoms with Crippen LogP contribution in [0.15, 0.2) is 58.4 Å². The Morgan fingerprint density at radius 1 is 1.19 bits per heavy atom. The molecule has 4 nitrogen and oxygen atoms in total. The summed E-state index contributed by atoms with van der Waals surface area (Å²) in [6.07, 6.45) is 2.79. The summed E-state index contributed by atoms with van der Waals surface area (Å²) in [4.78, 5) is 19.4. The third-order valence-corrected chi connectivity index (χ3v) is 4.89. The van der Waals surface area contributed by atoms with Crippen LogP contribution < -0.4 is 4.74 Å². The largest absolute Gasteiger partial charge is 0.494 e. The van der Waals surface area contributed by atoms with Gasteiger partial charge in [-0.1, -0.05) is 19.1 Å². The monoisotopic (exact) mass is 384 g/mol. The molecule has 1 aliphatic rings. The van der Waals surface area contributed by atoms with E-state index in [9.17, 15) is 9.18 Å². The number of carbonyl (C=O) groups is 1. The molecule has 0 spiro atoms. The smallest absolute Gasteiger partial charge is 0.266 e. The molecule has 1 fully saturated rings. The molecule has 2 aromatic rings. The molecule has 1 heterocycles. The minimum atomic E-state index is -0.313. The lowest BCUT2D eigenvalue weighted by Gasteiger charge is -2.11. The molecule has 0 unspecified atom stereocenters. The van der Waals surface area contributed by atoms with Gasteiger partial charge in [0, 0.05) is 6.54 Å². The van der Waals surface area contributed by atoms with E-state index in [-0.39, 0.29) is 11.7 Å². The van der Waals surface area contributed by atoms with Gasteiger partial charge < -0.3 is 4.74 Å². The van der Waals surface area contributed by atoms with E-state index in [0.717, 1.165) is 17.7 Å². The summed E-state index contributed by atoms with van der Waals surface area (Å²) < 4.78 is 18.7. The minimum absolute atomic E-state index is 0.0803. The average Bonchev–Trinajstić information content (AvgIpc) is 2.96. The van der Waals surface area contributed by atoms with Crippen LogP contribution in [0.3, 0.4) is 0 Å². The van der Waals surface area contributed by atoms with Gasteiger partial charge in [-0.2, -0.15) is 0 Å². The standard InChI is InChI=1S/C21H21FN2O2S/c1-3-12-26-18-7-5-6-15(13-18)14-19-20(25)24(4-2)21(27-19)23-17-10-8-16(22)9-11-17/h5-11,13-14H,3-4,12H2,1-2H3/b19-14+,23-21?. The van der Waals surface area contributed by atoms with Crippen LogP contribution in [0.2, 0.25) is 0 Å². The number of thioether (sulfide) groups is 1. The first-order valence-electron chi connectivity index (χ1n) is 8.89. The molecule has 0 radical (unpaired) electrons. The average molecular weight is 384 g/mol. The summed E-state index contributed by atoms with van der Waals surface area (Å²) in [6.45, 7) is 5.14. The zero-order valence-corrected chi connectivity index (χ0v) is 16.1. The van der Waals surface area contributed by atoms with Crippen molar-refractivity contribution in [2.24, 2.45) is 4.99 Å².